The molecule has 0 bridgehead atoms. The molecule has 128 valence electrons. The fraction of sp³-hybridized carbons (Fsp3) is 0.632. The zero-order valence-corrected chi connectivity index (χ0v) is 14.3. The summed E-state index contributed by atoms with van der Waals surface area (Å²) in [6.07, 6.45) is 1.64. The Morgan fingerprint density at radius 3 is 2.57 bits per heavy atom. The summed E-state index contributed by atoms with van der Waals surface area (Å²) in [4.78, 5) is 12.6. The Balaban J connectivity index is 2.02. The van der Waals surface area contributed by atoms with Crippen molar-refractivity contribution >= 4 is 5.91 Å². The molecule has 1 fully saturated rings. The number of hydrogen-bond donors (Lipinski definition) is 3. The van der Waals surface area contributed by atoms with Crippen LogP contribution in [0.5, 0.6) is 0 Å². The third kappa shape index (κ3) is 4.12. The monoisotopic (exact) mass is 319 g/mol. The van der Waals surface area contributed by atoms with E-state index in [1.165, 1.54) is 0 Å². The highest BCUT2D eigenvalue weighted by Gasteiger charge is 2.48. The molecular weight excluding hydrogens is 290 g/mol. The Kier molecular flexibility index (Phi) is 5.82. The van der Waals surface area contributed by atoms with E-state index in [9.17, 15) is 15.0 Å². The van der Waals surface area contributed by atoms with Crippen molar-refractivity contribution in [1.29, 1.82) is 0 Å². The van der Waals surface area contributed by atoms with E-state index in [4.69, 9.17) is 0 Å². The zero-order chi connectivity index (χ0) is 17.0. The van der Waals surface area contributed by atoms with Gasteiger partial charge in [0.2, 0.25) is 0 Å². The lowest BCUT2D eigenvalue weighted by Gasteiger charge is -2.43. The van der Waals surface area contributed by atoms with Gasteiger partial charge in [-0.25, -0.2) is 0 Å². The molecule has 1 aromatic rings. The van der Waals surface area contributed by atoms with E-state index in [0.717, 1.165) is 18.4 Å². The van der Waals surface area contributed by atoms with E-state index < -0.39 is 11.7 Å². The minimum Gasteiger partial charge on any atom is -0.387 e. The fourth-order valence-corrected chi connectivity index (χ4v) is 3.77. The number of amides is 1. The van der Waals surface area contributed by atoms with Crippen LogP contribution < -0.4 is 5.32 Å². The van der Waals surface area contributed by atoms with E-state index in [2.05, 4.69) is 26.1 Å². The third-order valence-electron chi connectivity index (χ3n) is 5.08. The van der Waals surface area contributed by atoms with Gasteiger partial charge in [0.15, 0.2) is 0 Å². The molecule has 0 saturated heterocycles. The van der Waals surface area contributed by atoms with Crippen molar-refractivity contribution in [3.63, 3.8) is 0 Å². The van der Waals surface area contributed by atoms with Crippen LogP contribution in [0.25, 0.3) is 0 Å². The maximum atomic E-state index is 12.6. The summed E-state index contributed by atoms with van der Waals surface area (Å²) in [6.45, 7) is 6.30. The maximum absolute atomic E-state index is 12.6. The summed E-state index contributed by atoms with van der Waals surface area (Å²) in [7, 11) is 0. The molecule has 1 aromatic carbocycles. The lowest BCUT2D eigenvalue weighted by atomic mass is 9.66. The van der Waals surface area contributed by atoms with Gasteiger partial charge in [0.1, 0.15) is 5.60 Å². The molecular formula is C19H29NO3. The Morgan fingerprint density at radius 2 is 1.96 bits per heavy atom. The largest absolute Gasteiger partial charge is 0.387 e. The quantitative estimate of drug-likeness (QED) is 0.781. The lowest BCUT2D eigenvalue weighted by molar-refractivity contribution is -0.156. The molecule has 4 atom stereocenters. The number of benzene rings is 1. The Morgan fingerprint density at radius 1 is 1.30 bits per heavy atom. The number of aliphatic hydroxyl groups excluding tert-OH is 1. The topological polar surface area (TPSA) is 69.6 Å². The predicted molar refractivity (Wildman–Crippen MR) is 90.7 cm³/mol. The maximum Gasteiger partial charge on any atom is 0.252 e. The summed E-state index contributed by atoms with van der Waals surface area (Å²) in [5.41, 5.74) is -0.570. The molecule has 0 spiro atoms. The van der Waals surface area contributed by atoms with Gasteiger partial charge >= 0.3 is 0 Å². The van der Waals surface area contributed by atoms with Crippen molar-refractivity contribution in [2.45, 2.75) is 51.7 Å². The van der Waals surface area contributed by atoms with Crippen LogP contribution in [-0.4, -0.2) is 28.3 Å². The first-order chi connectivity index (χ1) is 10.8. The summed E-state index contributed by atoms with van der Waals surface area (Å²) in [5.74, 6) is 0.197. The molecule has 4 heteroatoms. The number of aliphatic hydroxyl groups is 2. The summed E-state index contributed by atoms with van der Waals surface area (Å²) in [6, 6.07) is 9.24. The number of carbonyl (C=O) groups is 1. The minimum atomic E-state index is -1.33. The van der Waals surface area contributed by atoms with E-state index in [1.54, 1.807) is 0 Å². The van der Waals surface area contributed by atoms with Gasteiger partial charge in [-0.3, -0.25) is 4.79 Å². The van der Waals surface area contributed by atoms with Crippen molar-refractivity contribution in [2.75, 3.05) is 6.54 Å². The first-order valence-electron chi connectivity index (χ1n) is 8.58. The molecule has 0 aliphatic heterocycles. The van der Waals surface area contributed by atoms with Gasteiger partial charge in [-0.15, -0.1) is 0 Å². The first-order valence-corrected chi connectivity index (χ1v) is 8.58. The molecule has 23 heavy (non-hydrogen) atoms. The van der Waals surface area contributed by atoms with Gasteiger partial charge in [0.25, 0.3) is 5.91 Å². The number of hydrogen-bond acceptors (Lipinski definition) is 3. The molecule has 3 N–H and O–H groups in total. The van der Waals surface area contributed by atoms with Crippen molar-refractivity contribution in [3.8, 4) is 0 Å². The molecule has 0 radical (unpaired) electrons. The fourth-order valence-electron chi connectivity index (χ4n) is 3.77. The lowest BCUT2D eigenvalue weighted by Crippen LogP contribution is -2.56. The van der Waals surface area contributed by atoms with Crippen LogP contribution in [0.2, 0.25) is 0 Å². The van der Waals surface area contributed by atoms with Gasteiger partial charge in [0, 0.05) is 6.54 Å². The van der Waals surface area contributed by atoms with Crippen molar-refractivity contribution in [1.82, 2.24) is 5.32 Å². The normalized spacial score (nSPS) is 29.3. The van der Waals surface area contributed by atoms with Gasteiger partial charge in [0.05, 0.1) is 6.10 Å². The molecule has 1 amide bonds. The average molecular weight is 319 g/mol. The standard InChI is InChI=1S/C19H29NO3/c1-13(2)16-10-9-14(3)11-19(16,23)18(22)20-12-17(21)15-7-5-4-6-8-15/h4-8,13-14,16-17,21,23H,9-12H2,1-3H3,(H,20,22)/t14-,16+,17?,19+/m1/s1. The van der Waals surface area contributed by atoms with Gasteiger partial charge in [-0.05, 0) is 36.2 Å². The highest BCUT2D eigenvalue weighted by molar-refractivity contribution is 5.85. The number of nitrogens with one attached hydrogen (secondary N) is 1. The van der Waals surface area contributed by atoms with Gasteiger partial charge in [-0.2, -0.15) is 0 Å². The van der Waals surface area contributed by atoms with Crippen molar-refractivity contribution in [2.24, 2.45) is 17.8 Å². The molecule has 1 aliphatic carbocycles. The van der Waals surface area contributed by atoms with Crippen molar-refractivity contribution in [3.05, 3.63) is 35.9 Å². The Hall–Kier alpha value is -1.39. The van der Waals surface area contributed by atoms with Crippen LogP contribution in [0.3, 0.4) is 0 Å². The number of rotatable bonds is 5. The van der Waals surface area contributed by atoms with E-state index in [0.29, 0.717) is 12.3 Å². The van der Waals surface area contributed by atoms with Crippen LogP contribution in [-0.2, 0) is 4.79 Å². The van der Waals surface area contributed by atoms with E-state index in [-0.39, 0.29) is 24.3 Å². The van der Waals surface area contributed by atoms with E-state index in [1.807, 2.05) is 30.3 Å². The molecule has 1 saturated carbocycles. The Labute approximate surface area is 138 Å². The Bertz CT molecular complexity index is 517. The van der Waals surface area contributed by atoms with Crippen molar-refractivity contribution < 1.29 is 15.0 Å². The van der Waals surface area contributed by atoms with Gasteiger partial charge in [-0.1, -0.05) is 57.5 Å². The van der Waals surface area contributed by atoms with Crippen LogP contribution in [0.15, 0.2) is 30.3 Å². The molecule has 0 aromatic heterocycles. The van der Waals surface area contributed by atoms with Gasteiger partial charge < -0.3 is 15.5 Å². The second kappa shape index (κ2) is 7.45. The van der Waals surface area contributed by atoms with Crippen LogP contribution in [0, 0.1) is 17.8 Å². The summed E-state index contributed by atoms with van der Waals surface area (Å²) < 4.78 is 0. The van der Waals surface area contributed by atoms with Crippen LogP contribution >= 0.6 is 0 Å². The van der Waals surface area contributed by atoms with Crippen LogP contribution in [0.4, 0.5) is 0 Å². The predicted octanol–water partition coefficient (Wildman–Crippen LogP) is 2.66. The van der Waals surface area contributed by atoms with Crippen LogP contribution in [0.1, 0.15) is 51.7 Å². The third-order valence-corrected chi connectivity index (χ3v) is 5.08. The molecule has 1 aliphatic rings. The SMILES string of the molecule is CC(C)[C@@H]1CC[C@@H](C)C[C@@]1(O)C(=O)NCC(O)c1ccccc1. The molecule has 2 rings (SSSR count). The molecule has 1 unspecified atom stereocenters. The summed E-state index contributed by atoms with van der Waals surface area (Å²) in [5, 5.41) is 24.0. The van der Waals surface area contributed by atoms with E-state index >= 15 is 0 Å². The molecule has 0 heterocycles. The first kappa shape index (κ1) is 18.0. The highest BCUT2D eigenvalue weighted by Crippen LogP contribution is 2.41. The smallest absolute Gasteiger partial charge is 0.252 e. The zero-order valence-electron chi connectivity index (χ0n) is 14.3. The average Bonchev–Trinajstić information content (AvgIpc) is 2.52. The highest BCUT2D eigenvalue weighted by atomic mass is 16.3. The summed E-state index contributed by atoms with van der Waals surface area (Å²) >= 11 is 0. The minimum absolute atomic E-state index is 0.0347. The molecule has 4 nitrogen and oxygen atoms in total. The second-order valence-corrected chi connectivity index (χ2v) is 7.30. The number of carbonyl (C=O) groups excluding carboxylic acids is 1. The second-order valence-electron chi connectivity index (χ2n) is 7.30.